The zero-order valence-corrected chi connectivity index (χ0v) is 18.0. The maximum atomic E-state index is 12.4. The normalized spacial score (nSPS) is 11.2. The Morgan fingerprint density at radius 3 is 2.83 bits per heavy atom. The molecule has 0 saturated heterocycles. The molecule has 0 unspecified atom stereocenters. The third-order valence-corrected chi connectivity index (χ3v) is 5.77. The number of hydrogen-bond acceptors (Lipinski definition) is 7. The summed E-state index contributed by atoms with van der Waals surface area (Å²) in [6.07, 6.45) is 0. The summed E-state index contributed by atoms with van der Waals surface area (Å²) in [5.74, 6) is 0.763. The van der Waals surface area contributed by atoms with E-state index in [1.165, 1.54) is 11.8 Å². The summed E-state index contributed by atoms with van der Waals surface area (Å²) in [5.41, 5.74) is 3.00. The Balaban J connectivity index is 1.71. The van der Waals surface area contributed by atoms with Crippen molar-refractivity contribution in [3.8, 4) is 5.69 Å². The first-order chi connectivity index (χ1) is 14.3. The van der Waals surface area contributed by atoms with E-state index in [1.54, 1.807) is 23.6 Å². The molecule has 0 aliphatic heterocycles. The number of carbonyl (C=O) groups excluding carboxylic acids is 1. The van der Waals surface area contributed by atoms with Crippen LogP contribution in [0.2, 0.25) is 5.02 Å². The van der Waals surface area contributed by atoms with Crippen LogP contribution in [-0.2, 0) is 4.79 Å². The minimum atomic E-state index is -0.265. The van der Waals surface area contributed by atoms with Gasteiger partial charge in [0.25, 0.3) is 0 Å². The van der Waals surface area contributed by atoms with E-state index in [0.29, 0.717) is 32.8 Å². The van der Waals surface area contributed by atoms with Crippen molar-refractivity contribution in [1.29, 1.82) is 5.41 Å². The standard InChI is InChI=1S/C19H18ClN7O2S/c1-9-6-12(4-5-13(9)20)27-17(21)16-11(3)24-25-18(16)23-19(27)30-8-15(28)22-14-7-10(2)29-26-14/h4-7,21H,8H2,1-3H3,(H,24,25)(H,22,26,28). The van der Waals surface area contributed by atoms with E-state index < -0.39 is 0 Å². The van der Waals surface area contributed by atoms with Crippen molar-refractivity contribution in [3.05, 3.63) is 51.8 Å². The molecule has 154 valence electrons. The third kappa shape index (κ3) is 3.83. The predicted octanol–water partition coefficient (Wildman–Crippen LogP) is 3.53. The molecule has 1 aromatic carbocycles. The summed E-state index contributed by atoms with van der Waals surface area (Å²) in [6, 6.07) is 7.11. The number of rotatable bonds is 5. The minimum Gasteiger partial charge on any atom is -0.360 e. The fourth-order valence-corrected chi connectivity index (χ4v) is 3.89. The third-order valence-electron chi connectivity index (χ3n) is 4.41. The molecular weight excluding hydrogens is 426 g/mol. The van der Waals surface area contributed by atoms with Gasteiger partial charge in [-0.3, -0.25) is 19.9 Å². The lowest BCUT2D eigenvalue weighted by molar-refractivity contribution is -0.113. The van der Waals surface area contributed by atoms with Crippen molar-refractivity contribution in [2.75, 3.05) is 11.1 Å². The van der Waals surface area contributed by atoms with Crippen LogP contribution >= 0.6 is 23.4 Å². The molecule has 3 aromatic heterocycles. The Morgan fingerprint density at radius 1 is 1.33 bits per heavy atom. The molecule has 4 aromatic rings. The number of benzene rings is 1. The van der Waals surface area contributed by atoms with E-state index in [-0.39, 0.29) is 17.1 Å². The fourth-order valence-electron chi connectivity index (χ4n) is 2.97. The van der Waals surface area contributed by atoms with Gasteiger partial charge in [-0.05, 0) is 44.5 Å². The number of halogens is 1. The number of nitrogens with one attached hydrogen (secondary N) is 3. The van der Waals surface area contributed by atoms with Gasteiger partial charge in [-0.2, -0.15) is 5.10 Å². The summed E-state index contributed by atoms with van der Waals surface area (Å²) >= 11 is 7.37. The zero-order valence-electron chi connectivity index (χ0n) is 16.4. The van der Waals surface area contributed by atoms with Gasteiger partial charge in [0, 0.05) is 22.5 Å². The number of amides is 1. The summed E-state index contributed by atoms with van der Waals surface area (Å²) in [4.78, 5) is 16.9. The Bertz CT molecular complexity index is 1320. The molecule has 0 aliphatic carbocycles. The van der Waals surface area contributed by atoms with Gasteiger partial charge in [-0.15, -0.1) is 0 Å². The maximum absolute atomic E-state index is 12.4. The molecule has 3 N–H and O–H groups in total. The second-order valence-electron chi connectivity index (χ2n) is 6.72. The maximum Gasteiger partial charge on any atom is 0.236 e. The van der Waals surface area contributed by atoms with Crippen LogP contribution in [0.15, 0.2) is 33.9 Å². The zero-order chi connectivity index (χ0) is 21.4. The lowest BCUT2D eigenvalue weighted by Gasteiger charge is -2.14. The van der Waals surface area contributed by atoms with Gasteiger partial charge in [0.15, 0.2) is 16.6 Å². The molecule has 9 nitrogen and oxygen atoms in total. The van der Waals surface area contributed by atoms with Crippen LogP contribution in [0, 0.1) is 26.2 Å². The molecule has 0 radical (unpaired) electrons. The Kier molecular flexibility index (Phi) is 5.35. The smallest absolute Gasteiger partial charge is 0.236 e. The fraction of sp³-hybridized carbons (Fsp3) is 0.211. The van der Waals surface area contributed by atoms with E-state index in [9.17, 15) is 4.79 Å². The van der Waals surface area contributed by atoms with E-state index in [0.717, 1.165) is 16.9 Å². The summed E-state index contributed by atoms with van der Waals surface area (Å²) in [6.45, 7) is 5.48. The van der Waals surface area contributed by atoms with Gasteiger partial charge in [0.05, 0.1) is 11.1 Å². The number of H-pyrrole nitrogens is 1. The number of anilines is 1. The van der Waals surface area contributed by atoms with Gasteiger partial charge in [0.1, 0.15) is 11.2 Å². The van der Waals surface area contributed by atoms with E-state index in [1.807, 2.05) is 26.0 Å². The van der Waals surface area contributed by atoms with Crippen LogP contribution in [0.25, 0.3) is 16.7 Å². The second kappa shape index (κ2) is 7.96. The molecule has 0 aliphatic rings. The Morgan fingerprint density at radius 2 is 2.13 bits per heavy atom. The van der Waals surface area contributed by atoms with Crippen molar-refractivity contribution < 1.29 is 9.32 Å². The lowest BCUT2D eigenvalue weighted by atomic mass is 10.2. The van der Waals surface area contributed by atoms with E-state index >= 15 is 0 Å². The van der Waals surface area contributed by atoms with Crippen LogP contribution in [-0.4, -0.2) is 36.6 Å². The van der Waals surface area contributed by atoms with Crippen LogP contribution in [0.5, 0.6) is 0 Å². The number of nitrogens with zero attached hydrogens (tertiary/aromatic N) is 4. The van der Waals surface area contributed by atoms with Gasteiger partial charge < -0.3 is 9.84 Å². The average Bonchev–Trinajstić information content (AvgIpc) is 3.28. The number of carbonyl (C=O) groups is 1. The molecule has 1 amide bonds. The highest BCUT2D eigenvalue weighted by Gasteiger charge is 2.17. The topological polar surface area (TPSA) is 125 Å². The molecule has 3 heterocycles. The molecule has 4 rings (SSSR count). The van der Waals surface area contributed by atoms with Gasteiger partial charge >= 0.3 is 0 Å². The number of aromatic amines is 1. The highest BCUT2D eigenvalue weighted by atomic mass is 35.5. The van der Waals surface area contributed by atoms with E-state index in [2.05, 4.69) is 25.7 Å². The molecule has 0 fully saturated rings. The quantitative estimate of drug-likeness (QED) is 0.320. The SMILES string of the molecule is Cc1cc(NC(=O)CSc2nc3n[nH]c(C)c3c(=N)n2-c2ccc(Cl)c(C)c2)no1. The predicted molar refractivity (Wildman–Crippen MR) is 114 cm³/mol. The monoisotopic (exact) mass is 443 g/mol. The lowest BCUT2D eigenvalue weighted by Crippen LogP contribution is -2.23. The largest absolute Gasteiger partial charge is 0.360 e. The first-order valence-corrected chi connectivity index (χ1v) is 10.3. The average molecular weight is 444 g/mol. The number of hydrogen-bond donors (Lipinski definition) is 3. The van der Waals surface area contributed by atoms with Gasteiger partial charge in [-0.25, -0.2) is 4.98 Å². The molecule has 11 heteroatoms. The van der Waals surface area contributed by atoms with Crippen molar-refractivity contribution >= 4 is 46.1 Å². The van der Waals surface area contributed by atoms with Crippen LogP contribution in [0.3, 0.4) is 0 Å². The van der Waals surface area contributed by atoms with Crippen molar-refractivity contribution in [3.63, 3.8) is 0 Å². The molecule has 0 atom stereocenters. The number of thioether (sulfide) groups is 1. The molecular formula is C19H18ClN7O2S. The van der Waals surface area contributed by atoms with Crippen molar-refractivity contribution in [1.82, 2.24) is 24.9 Å². The second-order valence-corrected chi connectivity index (χ2v) is 8.07. The molecule has 0 spiro atoms. The van der Waals surface area contributed by atoms with Crippen LogP contribution in [0.4, 0.5) is 5.82 Å². The number of aryl methyl sites for hydroxylation is 3. The van der Waals surface area contributed by atoms with Gasteiger partial charge in [-0.1, -0.05) is 28.5 Å². The van der Waals surface area contributed by atoms with Crippen molar-refractivity contribution in [2.24, 2.45) is 0 Å². The molecule has 30 heavy (non-hydrogen) atoms. The molecule has 0 bridgehead atoms. The van der Waals surface area contributed by atoms with Gasteiger partial charge in [0.2, 0.25) is 5.91 Å². The first-order valence-electron chi connectivity index (χ1n) is 8.98. The summed E-state index contributed by atoms with van der Waals surface area (Å²) < 4.78 is 6.64. The first kappa shape index (κ1) is 20.2. The minimum absolute atomic E-state index is 0.0693. The summed E-state index contributed by atoms with van der Waals surface area (Å²) in [7, 11) is 0. The summed E-state index contributed by atoms with van der Waals surface area (Å²) in [5, 5.41) is 24.0. The number of fused-ring (bicyclic) bond motifs is 1. The Hall–Kier alpha value is -3.11. The highest BCUT2D eigenvalue weighted by molar-refractivity contribution is 7.99. The van der Waals surface area contributed by atoms with Crippen molar-refractivity contribution in [2.45, 2.75) is 25.9 Å². The van der Waals surface area contributed by atoms with Crippen LogP contribution in [0.1, 0.15) is 17.0 Å². The molecule has 0 saturated carbocycles. The highest BCUT2D eigenvalue weighted by Crippen LogP contribution is 2.24. The Labute approximate surface area is 180 Å². The number of aromatic nitrogens is 5. The van der Waals surface area contributed by atoms with Crippen LogP contribution < -0.4 is 10.8 Å². The van der Waals surface area contributed by atoms with E-state index in [4.69, 9.17) is 21.5 Å².